The van der Waals surface area contributed by atoms with Crippen LogP contribution in [0.3, 0.4) is 0 Å². The lowest BCUT2D eigenvalue weighted by molar-refractivity contribution is -0.129. The highest BCUT2D eigenvalue weighted by Gasteiger charge is 2.28. The van der Waals surface area contributed by atoms with Crippen LogP contribution < -0.4 is 4.74 Å². The highest BCUT2D eigenvalue weighted by atomic mass is 16.5. The largest absolute Gasteiger partial charge is 0.471 e. The zero-order valence-electron chi connectivity index (χ0n) is 15.2. The number of allylic oxidation sites excluding steroid dienone is 1. The molecule has 27 heavy (non-hydrogen) atoms. The van der Waals surface area contributed by atoms with Crippen molar-refractivity contribution in [2.45, 2.75) is 44.9 Å². The number of aromatic nitrogens is 2. The van der Waals surface area contributed by atoms with Gasteiger partial charge in [-0.3, -0.25) is 4.79 Å². The van der Waals surface area contributed by atoms with Gasteiger partial charge in [-0.25, -0.2) is 4.98 Å². The van der Waals surface area contributed by atoms with Gasteiger partial charge in [0, 0.05) is 29.7 Å². The third kappa shape index (κ3) is 3.87. The second kappa shape index (κ2) is 7.67. The fraction of sp³-hybridized carbons (Fsp3) is 0.381. The minimum Gasteiger partial charge on any atom is -0.471 e. The number of hydrogen-bond acceptors (Lipinski definition) is 4. The normalized spacial score (nSPS) is 19.4. The monoisotopic (exact) mass is 362 g/mol. The van der Waals surface area contributed by atoms with E-state index in [1.807, 2.05) is 17.2 Å². The van der Waals surface area contributed by atoms with Gasteiger partial charge in [0.15, 0.2) is 0 Å². The summed E-state index contributed by atoms with van der Waals surface area (Å²) in [4.78, 5) is 19.2. The average molecular weight is 362 g/mol. The van der Waals surface area contributed by atoms with Crippen LogP contribution in [0.25, 0.3) is 0 Å². The van der Waals surface area contributed by atoms with E-state index in [9.17, 15) is 4.79 Å². The number of nitriles is 1. The number of amides is 1. The van der Waals surface area contributed by atoms with Crippen molar-refractivity contribution in [2.24, 2.45) is 0 Å². The van der Waals surface area contributed by atoms with Gasteiger partial charge in [-0.2, -0.15) is 5.26 Å². The highest BCUT2D eigenvalue weighted by Crippen LogP contribution is 2.23. The van der Waals surface area contributed by atoms with Crippen molar-refractivity contribution in [1.29, 1.82) is 5.26 Å². The first-order valence-electron chi connectivity index (χ1n) is 9.38. The zero-order chi connectivity index (χ0) is 18.6. The van der Waals surface area contributed by atoms with Crippen LogP contribution in [0.4, 0.5) is 0 Å². The van der Waals surface area contributed by atoms with Gasteiger partial charge in [0.05, 0.1) is 25.2 Å². The van der Waals surface area contributed by atoms with Crippen molar-refractivity contribution in [3.8, 4) is 11.9 Å². The van der Waals surface area contributed by atoms with E-state index in [1.54, 1.807) is 12.1 Å². The molecule has 0 aromatic carbocycles. The second-order valence-electron chi connectivity index (χ2n) is 7.05. The van der Waals surface area contributed by atoms with Gasteiger partial charge < -0.3 is 14.2 Å². The van der Waals surface area contributed by atoms with Crippen molar-refractivity contribution in [3.05, 3.63) is 59.6 Å². The molecule has 1 atom stereocenters. The fourth-order valence-corrected chi connectivity index (χ4v) is 3.71. The molecule has 0 fully saturated rings. The first kappa shape index (κ1) is 17.3. The summed E-state index contributed by atoms with van der Waals surface area (Å²) in [5.41, 5.74) is 2.53. The Morgan fingerprint density at radius 1 is 1.26 bits per heavy atom. The number of rotatable bonds is 3. The summed E-state index contributed by atoms with van der Waals surface area (Å²) < 4.78 is 8.21. The highest BCUT2D eigenvalue weighted by molar-refractivity contribution is 5.93. The molecule has 6 nitrogen and oxygen atoms in total. The molecule has 2 aromatic heterocycles. The lowest BCUT2D eigenvalue weighted by atomic mass is 9.98. The second-order valence-corrected chi connectivity index (χ2v) is 7.05. The Hall–Kier alpha value is -3.07. The number of hydrogen-bond donors (Lipinski definition) is 0. The van der Waals surface area contributed by atoms with Gasteiger partial charge in [-0.15, -0.1) is 0 Å². The molecule has 0 unspecified atom stereocenters. The third-order valence-corrected chi connectivity index (χ3v) is 5.11. The zero-order valence-corrected chi connectivity index (χ0v) is 15.2. The number of ether oxygens (including phenoxy) is 1. The van der Waals surface area contributed by atoms with Gasteiger partial charge in [0.2, 0.25) is 11.8 Å². The van der Waals surface area contributed by atoms with Crippen LogP contribution in [-0.2, 0) is 17.9 Å². The first-order valence-corrected chi connectivity index (χ1v) is 9.38. The molecule has 1 aliphatic heterocycles. The summed E-state index contributed by atoms with van der Waals surface area (Å²) in [5.74, 6) is 0.588. The lowest BCUT2D eigenvalue weighted by Crippen LogP contribution is -2.39. The van der Waals surface area contributed by atoms with Crippen LogP contribution in [0.2, 0.25) is 0 Å². The molecule has 1 amide bonds. The van der Waals surface area contributed by atoms with Crippen molar-refractivity contribution in [2.75, 3.05) is 6.54 Å². The molecule has 0 N–H and O–H groups in total. The quantitative estimate of drug-likeness (QED) is 0.841. The van der Waals surface area contributed by atoms with E-state index in [0.29, 0.717) is 31.1 Å². The smallest absolute Gasteiger partial charge is 0.249 e. The Labute approximate surface area is 158 Å². The molecular weight excluding hydrogens is 340 g/mol. The molecule has 0 saturated heterocycles. The first-order chi connectivity index (χ1) is 13.2. The Morgan fingerprint density at radius 2 is 2.19 bits per heavy atom. The van der Waals surface area contributed by atoms with Crippen molar-refractivity contribution in [3.63, 3.8) is 0 Å². The van der Waals surface area contributed by atoms with E-state index in [4.69, 9.17) is 10.00 Å². The summed E-state index contributed by atoms with van der Waals surface area (Å²) in [5, 5.41) is 8.91. The summed E-state index contributed by atoms with van der Waals surface area (Å²) in [6.45, 7) is 1.76. The Bertz CT molecular complexity index is 892. The molecule has 6 heteroatoms. The molecule has 138 valence electrons. The lowest BCUT2D eigenvalue weighted by Gasteiger charge is -2.26. The van der Waals surface area contributed by atoms with Gasteiger partial charge >= 0.3 is 0 Å². The summed E-state index contributed by atoms with van der Waals surface area (Å²) >= 11 is 0. The van der Waals surface area contributed by atoms with Crippen LogP contribution in [0.5, 0.6) is 5.88 Å². The van der Waals surface area contributed by atoms with Crippen LogP contribution in [0, 0.1) is 11.3 Å². The molecule has 0 radical (unpaired) electrons. The molecule has 4 rings (SSSR count). The molecule has 0 saturated carbocycles. The van der Waals surface area contributed by atoms with E-state index in [2.05, 4.69) is 27.8 Å². The fourth-order valence-electron chi connectivity index (χ4n) is 3.71. The standard InChI is InChI=1S/C21H22N4O2/c22-11-16-8-9-20(23-12-16)27-19-14-24-10-4-7-18(24)13-25(15-19)21(26)17-5-2-1-3-6-17/h4-5,7-10,12,19H,1-3,6,13-15H2/t19-/m0/s1. The molecule has 3 heterocycles. The summed E-state index contributed by atoms with van der Waals surface area (Å²) in [6, 6.07) is 9.50. The summed E-state index contributed by atoms with van der Waals surface area (Å²) in [7, 11) is 0. The number of carbonyl (C=O) groups is 1. The molecule has 2 aliphatic rings. The number of pyridine rings is 1. The van der Waals surface area contributed by atoms with Crippen LogP contribution in [0.1, 0.15) is 36.9 Å². The molecule has 1 aliphatic carbocycles. The van der Waals surface area contributed by atoms with Crippen molar-refractivity contribution in [1.82, 2.24) is 14.5 Å². The number of fused-ring (bicyclic) bond motifs is 1. The van der Waals surface area contributed by atoms with E-state index in [0.717, 1.165) is 37.0 Å². The van der Waals surface area contributed by atoms with Crippen molar-refractivity contribution >= 4 is 5.91 Å². The maximum absolute atomic E-state index is 13.1. The summed E-state index contributed by atoms with van der Waals surface area (Å²) in [6.07, 6.45) is 9.50. The average Bonchev–Trinajstić information content (AvgIpc) is 3.07. The van der Waals surface area contributed by atoms with E-state index in [1.165, 1.54) is 6.20 Å². The van der Waals surface area contributed by atoms with Gasteiger partial charge in [-0.1, -0.05) is 6.08 Å². The minimum absolute atomic E-state index is 0.116. The number of nitrogens with zero attached hydrogens (tertiary/aromatic N) is 4. The predicted molar refractivity (Wildman–Crippen MR) is 99.8 cm³/mol. The Balaban J connectivity index is 1.55. The van der Waals surface area contributed by atoms with E-state index >= 15 is 0 Å². The van der Waals surface area contributed by atoms with Crippen LogP contribution >= 0.6 is 0 Å². The Morgan fingerprint density at radius 3 is 2.93 bits per heavy atom. The SMILES string of the molecule is N#Cc1ccc(O[C@@H]2CN(C(=O)C3=CCCCC3)Cc3cccn3C2)nc1. The van der Waals surface area contributed by atoms with E-state index in [-0.39, 0.29) is 12.0 Å². The molecule has 0 spiro atoms. The Kier molecular flexibility index (Phi) is 4.93. The maximum Gasteiger partial charge on any atom is 0.249 e. The van der Waals surface area contributed by atoms with Gasteiger partial charge in [0.1, 0.15) is 12.2 Å². The molecular formula is C21H22N4O2. The predicted octanol–water partition coefficient (Wildman–Crippen LogP) is 3.04. The minimum atomic E-state index is -0.202. The van der Waals surface area contributed by atoms with Gasteiger partial charge in [0.25, 0.3) is 0 Å². The molecule has 0 bridgehead atoms. The van der Waals surface area contributed by atoms with Gasteiger partial charge in [-0.05, 0) is 43.9 Å². The number of carbonyl (C=O) groups excluding carboxylic acids is 1. The van der Waals surface area contributed by atoms with E-state index < -0.39 is 0 Å². The molecule has 2 aromatic rings. The van der Waals surface area contributed by atoms with Crippen LogP contribution in [-0.4, -0.2) is 33.0 Å². The topological polar surface area (TPSA) is 71.2 Å². The van der Waals surface area contributed by atoms with Crippen LogP contribution in [0.15, 0.2) is 48.3 Å². The maximum atomic E-state index is 13.1. The third-order valence-electron chi connectivity index (χ3n) is 5.11. The van der Waals surface area contributed by atoms with Crippen molar-refractivity contribution < 1.29 is 9.53 Å².